The summed E-state index contributed by atoms with van der Waals surface area (Å²) in [7, 11) is 0. The Hall–Kier alpha value is -4.31. The Morgan fingerprint density at radius 2 is 1.97 bits per heavy atom. The van der Waals surface area contributed by atoms with Crippen molar-refractivity contribution in [2.24, 2.45) is 0 Å². The summed E-state index contributed by atoms with van der Waals surface area (Å²) in [5.74, 6) is -3.21. The van der Waals surface area contributed by atoms with E-state index in [1.807, 2.05) is 6.92 Å². The molecule has 2 aromatic carbocycles. The minimum atomic E-state index is -1.33. The van der Waals surface area contributed by atoms with Gasteiger partial charge in [0.15, 0.2) is 5.13 Å². The van der Waals surface area contributed by atoms with Crippen LogP contribution in [-0.4, -0.2) is 41.0 Å². The molecule has 39 heavy (non-hydrogen) atoms. The number of carbonyl (C=O) groups excluding carboxylic acids is 3. The van der Waals surface area contributed by atoms with E-state index in [1.165, 1.54) is 24.3 Å². The molecule has 2 heterocycles. The summed E-state index contributed by atoms with van der Waals surface area (Å²) in [6.07, 6.45) is 2.23. The zero-order valence-electron chi connectivity index (χ0n) is 21.7. The van der Waals surface area contributed by atoms with Gasteiger partial charge in [-0.2, -0.15) is 0 Å². The summed E-state index contributed by atoms with van der Waals surface area (Å²) >= 11 is 0.837. The van der Waals surface area contributed by atoms with Crippen molar-refractivity contribution < 1.29 is 33.4 Å². The third-order valence-electron chi connectivity index (χ3n) is 6.06. The maximum atomic E-state index is 15.1. The number of esters is 1. The SMILES string of the molecule is C=CCOC(=O)c1sc(N2C(=O)C(=O)/C(=C(\O)c3ccc(OCCC)c(C)c3)C2c2ccccc2F)nc1C. The lowest BCUT2D eigenvalue weighted by molar-refractivity contribution is -0.132. The number of aromatic nitrogens is 1. The molecule has 1 aliphatic rings. The molecule has 202 valence electrons. The summed E-state index contributed by atoms with van der Waals surface area (Å²) in [4.78, 5) is 44.7. The summed E-state index contributed by atoms with van der Waals surface area (Å²) in [5, 5.41) is 11.3. The normalized spacial score (nSPS) is 16.4. The molecule has 1 unspecified atom stereocenters. The van der Waals surface area contributed by atoms with Gasteiger partial charge in [0, 0.05) is 11.1 Å². The first-order valence-electron chi connectivity index (χ1n) is 12.2. The molecular formula is C29H27FN2O6S. The van der Waals surface area contributed by atoms with Gasteiger partial charge in [0.05, 0.1) is 17.9 Å². The highest BCUT2D eigenvalue weighted by atomic mass is 32.1. The molecule has 0 saturated carbocycles. The molecule has 8 nitrogen and oxygen atoms in total. The van der Waals surface area contributed by atoms with Crippen LogP contribution in [0.15, 0.2) is 60.7 Å². The van der Waals surface area contributed by atoms with Gasteiger partial charge in [-0.25, -0.2) is 14.2 Å². The Kier molecular flexibility index (Phi) is 8.25. The molecule has 0 bridgehead atoms. The van der Waals surface area contributed by atoms with E-state index in [4.69, 9.17) is 9.47 Å². The van der Waals surface area contributed by atoms with Crippen molar-refractivity contribution in [3.63, 3.8) is 0 Å². The fourth-order valence-electron chi connectivity index (χ4n) is 4.22. The fourth-order valence-corrected chi connectivity index (χ4v) is 5.21. The van der Waals surface area contributed by atoms with Gasteiger partial charge in [0.1, 0.15) is 34.9 Å². The van der Waals surface area contributed by atoms with E-state index >= 15 is 4.39 Å². The number of Topliss-reactive ketones (excluding diaryl/α,β-unsaturated/α-hetero) is 1. The van der Waals surface area contributed by atoms with Crippen LogP contribution in [0.3, 0.4) is 0 Å². The van der Waals surface area contributed by atoms with Crippen LogP contribution in [0.2, 0.25) is 0 Å². The van der Waals surface area contributed by atoms with Crippen LogP contribution in [0.1, 0.15) is 51.4 Å². The monoisotopic (exact) mass is 550 g/mol. The van der Waals surface area contributed by atoms with Gasteiger partial charge in [-0.05, 0) is 50.1 Å². The highest BCUT2D eigenvalue weighted by molar-refractivity contribution is 7.17. The Labute approximate surface area is 229 Å². The Morgan fingerprint density at radius 1 is 1.23 bits per heavy atom. The number of benzene rings is 2. The van der Waals surface area contributed by atoms with Crippen molar-refractivity contribution in [2.75, 3.05) is 18.1 Å². The van der Waals surface area contributed by atoms with E-state index in [2.05, 4.69) is 11.6 Å². The van der Waals surface area contributed by atoms with E-state index in [9.17, 15) is 19.5 Å². The highest BCUT2D eigenvalue weighted by Gasteiger charge is 2.49. The van der Waals surface area contributed by atoms with Crippen molar-refractivity contribution in [1.82, 2.24) is 4.98 Å². The number of anilines is 1. The van der Waals surface area contributed by atoms with Crippen LogP contribution in [0.25, 0.3) is 5.76 Å². The molecule has 1 N–H and O–H groups in total. The molecule has 0 radical (unpaired) electrons. The maximum Gasteiger partial charge on any atom is 0.350 e. The van der Waals surface area contributed by atoms with E-state index < -0.39 is 35.3 Å². The van der Waals surface area contributed by atoms with Gasteiger partial charge < -0.3 is 14.6 Å². The third kappa shape index (κ3) is 5.33. The number of rotatable bonds is 9. The number of ether oxygens (including phenoxy) is 2. The van der Waals surface area contributed by atoms with Crippen LogP contribution in [0.5, 0.6) is 5.75 Å². The van der Waals surface area contributed by atoms with E-state index in [0.29, 0.717) is 17.9 Å². The largest absolute Gasteiger partial charge is 0.507 e. The molecule has 0 aliphatic carbocycles. The van der Waals surface area contributed by atoms with Gasteiger partial charge in [-0.1, -0.05) is 49.1 Å². The number of hydrogen-bond donors (Lipinski definition) is 1. The number of ketones is 1. The summed E-state index contributed by atoms with van der Waals surface area (Å²) in [6, 6.07) is 9.21. The lowest BCUT2D eigenvalue weighted by Gasteiger charge is -2.23. The highest BCUT2D eigenvalue weighted by Crippen LogP contribution is 2.44. The average molecular weight is 551 g/mol. The van der Waals surface area contributed by atoms with Crippen LogP contribution in [0.4, 0.5) is 9.52 Å². The molecule has 0 spiro atoms. The number of thiazole rings is 1. The molecule has 4 rings (SSSR count). The number of amides is 1. The lowest BCUT2D eigenvalue weighted by Crippen LogP contribution is -2.29. The smallest absolute Gasteiger partial charge is 0.350 e. The second kappa shape index (κ2) is 11.6. The van der Waals surface area contributed by atoms with Crippen LogP contribution >= 0.6 is 11.3 Å². The average Bonchev–Trinajstić information content (AvgIpc) is 3.42. The summed E-state index contributed by atoms with van der Waals surface area (Å²) < 4.78 is 25.9. The van der Waals surface area contributed by atoms with Gasteiger partial charge in [0.2, 0.25) is 0 Å². The fraction of sp³-hybridized carbons (Fsp3) is 0.241. The Balaban J connectivity index is 1.86. The predicted molar refractivity (Wildman–Crippen MR) is 145 cm³/mol. The van der Waals surface area contributed by atoms with Crippen molar-refractivity contribution in [3.05, 3.63) is 93.8 Å². The lowest BCUT2D eigenvalue weighted by atomic mass is 9.94. The standard InChI is InChI=1S/C29H27FN2O6S/c1-5-13-37-21-12-11-18(15-16(21)3)24(33)22-23(19-9-7-8-10-20(19)30)32(27(35)25(22)34)29-31-17(4)26(39-29)28(36)38-14-6-2/h6-12,15,23,33H,2,5,13-14H2,1,3-4H3/b24-22-. The maximum absolute atomic E-state index is 15.1. The van der Waals surface area contributed by atoms with Gasteiger partial charge >= 0.3 is 11.9 Å². The molecule has 1 amide bonds. The Morgan fingerprint density at radius 3 is 2.64 bits per heavy atom. The van der Waals surface area contributed by atoms with E-state index in [0.717, 1.165) is 22.7 Å². The zero-order chi connectivity index (χ0) is 28.3. The summed E-state index contributed by atoms with van der Waals surface area (Å²) in [6.45, 7) is 9.33. The second-order valence-corrected chi connectivity index (χ2v) is 9.79. The van der Waals surface area contributed by atoms with Gasteiger partial charge in [0.25, 0.3) is 5.78 Å². The molecular weight excluding hydrogens is 523 g/mol. The van der Waals surface area contributed by atoms with Crippen molar-refractivity contribution >= 4 is 39.9 Å². The summed E-state index contributed by atoms with van der Waals surface area (Å²) in [5.41, 5.74) is 0.940. The Bertz CT molecular complexity index is 1490. The minimum Gasteiger partial charge on any atom is -0.507 e. The number of carbonyl (C=O) groups is 3. The van der Waals surface area contributed by atoms with Crippen molar-refractivity contribution in [2.45, 2.75) is 33.2 Å². The first-order chi connectivity index (χ1) is 18.7. The van der Waals surface area contributed by atoms with Crippen LogP contribution < -0.4 is 9.64 Å². The number of nitrogens with zero attached hydrogens (tertiary/aromatic N) is 2. The predicted octanol–water partition coefficient (Wildman–Crippen LogP) is 5.66. The number of halogens is 1. The van der Waals surface area contributed by atoms with Gasteiger partial charge in [-0.3, -0.25) is 14.5 Å². The first kappa shape index (κ1) is 27.7. The van der Waals surface area contributed by atoms with E-state index in [1.54, 1.807) is 38.1 Å². The van der Waals surface area contributed by atoms with Crippen molar-refractivity contribution in [3.8, 4) is 5.75 Å². The van der Waals surface area contributed by atoms with Crippen LogP contribution in [0, 0.1) is 19.7 Å². The van der Waals surface area contributed by atoms with Crippen molar-refractivity contribution in [1.29, 1.82) is 0 Å². The number of aliphatic hydroxyl groups is 1. The molecule has 3 aromatic rings. The number of aliphatic hydroxyl groups excluding tert-OH is 1. The number of hydrogen-bond acceptors (Lipinski definition) is 8. The first-order valence-corrected chi connectivity index (χ1v) is 13.1. The molecule has 1 aliphatic heterocycles. The second-order valence-electron chi connectivity index (χ2n) is 8.82. The number of aryl methyl sites for hydroxylation is 2. The van der Waals surface area contributed by atoms with Crippen LogP contribution in [-0.2, 0) is 14.3 Å². The molecule has 1 atom stereocenters. The zero-order valence-corrected chi connectivity index (χ0v) is 22.5. The molecule has 1 saturated heterocycles. The van der Waals surface area contributed by atoms with Gasteiger partial charge in [-0.15, -0.1) is 0 Å². The molecule has 1 fully saturated rings. The topological polar surface area (TPSA) is 106 Å². The van der Waals surface area contributed by atoms with E-state index in [-0.39, 0.29) is 39.0 Å². The minimum absolute atomic E-state index is 0.00745. The third-order valence-corrected chi connectivity index (χ3v) is 7.20. The quantitative estimate of drug-likeness (QED) is 0.121. The molecule has 10 heteroatoms. The molecule has 1 aromatic heterocycles.